The molecule has 1 saturated heterocycles. The summed E-state index contributed by atoms with van der Waals surface area (Å²) < 4.78 is 19.9. The second-order valence-corrected chi connectivity index (χ2v) is 9.26. The number of nitrogens with zero attached hydrogens (tertiary/aromatic N) is 4. The Morgan fingerprint density at radius 3 is 2.38 bits per heavy atom. The zero-order valence-electron chi connectivity index (χ0n) is 19.9. The van der Waals surface area contributed by atoms with E-state index in [1.165, 1.54) is 11.0 Å². The molecule has 11 heteroatoms. The van der Waals surface area contributed by atoms with Crippen molar-refractivity contribution in [3.05, 3.63) is 59.4 Å². The Morgan fingerprint density at radius 2 is 1.73 bits per heavy atom. The van der Waals surface area contributed by atoms with Crippen LogP contribution in [0.1, 0.15) is 25.0 Å². The minimum absolute atomic E-state index is 0.0511. The number of rotatable bonds is 4. The molecule has 0 unspecified atom stereocenters. The van der Waals surface area contributed by atoms with Crippen LogP contribution in [0.25, 0.3) is 0 Å². The molecule has 2 atom stereocenters. The number of likely N-dealkylation sites (N-methyl/N-ethyl adjacent to an activating group) is 1. The molecule has 3 heterocycles. The number of nitrogens with one attached hydrogen (secondary N) is 1. The number of ether oxygens (including phenoxy) is 1. The van der Waals surface area contributed by atoms with Crippen molar-refractivity contribution < 1.29 is 23.5 Å². The molecule has 0 bridgehead atoms. The molecule has 0 saturated carbocycles. The average molecular weight is 518 g/mol. The van der Waals surface area contributed by atoms with E-state index in [1.54, 1.807) is 38.1 Å². The molecule has 2 aromatic carbocycles. The molecule has 2 spiro atoms. The summed E-state index contributed by atoms with van der Waals surface area (Å²) in [6, 6.07) is 13.9. The quantitative estimate of drug-likeness (QED) is 0.483. The van der Waals surface area contributed by atoms with E-state index < -0.39 is 46.5 Å². The first-order valence-corrected chi connectivity index (χ1v) is 12.0. The number of para-hydroxylation sites is 1. The molecule has 1 fully saturated rings. The number of carbonyl (C=O) groups excluding carboxylic acids is 3. The normalized spacial score (nSPS) is 24.6. The van der Waals surface area contributed by atoms with Gasteiger partial charge in [-0.25, -0.2) is 4.39 Å². The maximum Gasteiger partial charge on any atom is 0.326 e. The number of hydrogen-bond acceptors (Lipinski definition) is 7. The van der Waals surface area contributed by atoms with E-state index in [0.29, 0.717) is 11.3 Å². The van der Waals surface area contributed by atoms with Crippen LogP contribution >= 0.6 is 12.2 Å². The van der Waals surface area contributed by atoms with Crippen molar-refractivity contribution in [3.8, 4) is 12.1 Å². The van der Waals surface area contributed by atoms with Crippen LogP contribution < -0.4 is 15.1 Å². The Labute approximate surface area is 217 Å². The van der Waals surface area contributed by atoms with Gasteiger partial charge in [-0.05, 0) is 38.1 Å². The lowest BCUT2D eigenvalue weighted by Gasteiger charge is -2.41. The molecule has 37 heavy (non-hydrogen) atoms. The first-order valence-electron chi connectivity index (χ1n) is 11.6. The summed E-state index contributed by atoms with van der Waals surface area (Å²) in [5.41, 5.74) is -6.02. The predicted molar refractivity (Wildman–Crippen MR) is 133 cm³/mol. The summed E-state index contributed by atoms with van der Waals surface area (Å²) in [6.07, 6.45) is 0. The van der Waals surface area contributed by atoms with Gasteiger partial charge in [0.1, 0.15) is 17.4 Å². The lowest BCUT2D eigenvalue weighted by atomic mass is 9.54. The third-order valence-electron chi connectivity index (χ3n) is 7.39. The summed E-state index contributed by atoms with van der Waals surface area (Å²) in [5.74, 6) is -3.03. The van der Waals surface area contributed by atoms with Gasteiger partial charge in [-0.1, -0.05) is 30.4 Å². The molecule has 3 aliphatic heterocycles. The Morgan fingerprint density at radius 1 is 1.05 bits per heavy atom. The summed E-state index contributed by atoms with van der Waals surface area (Å²) in [5, 5.41) is 23.9. The number of benzene rings is 2. The summed E-state index contributed by atoms with van der Waals surface area (Å²) in [7, 11) is 0. The summed E-state index contributed by atoms with van der Waals surface area (Å²) in [4.78, 5) is 43.7. The van der Waals surface area contributed by atoms with E-state index in [4.69, 9.17) is 17.0 Å². The summed E-state index contributed by atoms with van der Waals surface area (Å²) in [6.45, 7) is 3.04. The number of hydrogen-bond donors (Lipinski definition) is 1. The zero-order valence-corrected chi connectivity index (χ0v) is 20.7. The number of nitriles is 2. The molecule has 0 aliphatic carbocycles. The Bertz CT molecular complexity index is 1480. The molecule has 3 aliphatic rings. The number of thiocarbonyl (C=S) groups is 1. The second-order valence-electron chi connectivity index (χ2n) is 8.85. The molecule has 5 rings (SSSR count). The fourth-order valence-corrected chi connectivity index (χ4v) is 6.44. The standard InChI is InChI=1S/C26H20FN5O4S/c1-3-31-18-8-6-5-7-16(18)26(23(31)35)25(24(13-28,14-29)21(37)30-26)17-11-15(27)9-10-19(17)32(22(25)34)12-20(33)36-4-2/h5-11H,3-4,12H2,1-2H3,(H,30,37)/t25-,26+/m0/s1. The predicted octanol–water partition coefficient (Wildman–Crippen LogP) is 2.20. The first kappa shape index (κ1) is 24.3. The molecule has 2 amide bonds. The van der Waals surface area contributed by atoms with Gasteiger partial charge in [0, 0.05) is 29.0 Å². The molecule has 186 valence electrons. The molecular weight excluding hydrogens is 497 g/mol. The monoisotopic (exact) mass is 517 g/mol. The van der Waals surface area contributed by atoms with Crippen molar-refractivity contribution in [1.29, 1.82) is 10.5 Å². The van der Waals surface area contributed by atoms with Crippen LogP contribution in [0.5, 0.6) is 0 Å². The minimum atomic E-state index is -2.40. The van der Waals surface area contributed by atoms with Crippen LogP contribution in [-0.4, -0.2) is 42.5 Å². The van der Waals surface area contributed by atoms with Crippen LogP contribution in [0.15, 0.2) is 42.5 Å². The Kier molecular flexibility index (Phi) is 5.32. The highest BCUT2D eigenvalue weighted by Gasteiger charge is 2.84. The van der Waals surface area contributed by atoms with Crippen LogP contribution in [0.3, 0.4) is 0 Å². The fourth-order valence-electron chi connectivity index (χ4n) is 6.04. The zero-order chi connectivity index (χ0) is 26.8. The van der Waals surface area contributed by atoms with Crippen molar-refractivity contribution in [1.82, 2.24) is 5.32 Å². The first-order chi connectivity index (χ1) is 17.7. The van der Waals surface area contributed by atoms with Crippen LogP contribution in [0.2, 0.25) is 0 Å². The number of anilines is 2. The Balaban J connectivity index is 1.94. The maximum atomic E-state index is 14.9. The minimum Gasteiger partial charge on any atom is -0.465 e. The number of esters is 1. The molecule has 1 N–H and O–H groups in total. The third-order valence-corrected chi connectivity index (χ3v) is 7.80. The van der Waals surface area contributed by atoms with E-state index in [1.807, 2.05) is 12.1 Å². The van der Waals surface area contributed by atoms with Crippen LogP contribution in [0.4, 0.5) is 15.8 Å². The maximum absolute atomic E-state index is 14.9. The molecule has 2 aromatic rings. The topological polar surface area (TPSA) is 127 Å². The van der Waals surface area contributed by atoms with E-state index in [-0.39, 0.29) is 29.4 Å². The smallest absolute Gasteiger partial charge is 0.326 e. The Hall–Kier alpha value is -4.35. The van der Waals surface area contributed by atoms with Gasteiger partial charge in [0.15, 0.2) is 11.0 Å². The van der Waals surface area contributed by atoms with E-state index in [0.717, 1.165) is 17.0 Å². The van der Waals surface area contributed by atoms with Crippen molar-refractivity contribution >= 4 is 46.4 Å². The number of carbonyl (C=O) groups is 3. The van der Waals surface area contributed by atoms with Gasteiger partial charge in [-0.3, -0.25) is 19.3 Å². The molecule has 0 radical (unpaired) electrons. The van der Waals surface area contributed by atoms with E-state index >= 15 is 0 Å². The van der Waals surface area contributed by atoms with E-state index in [2.05, 4.69) is 5.32 Å². The fraction of sp³-hybridized carbons (Fsp3) is 0.308. The number of amides is 2. The van der Waals surface area contributed by atoms with Crippen LogP contribution in [-0.2, 0) is 30.1 Å². The van der Waals surface area contributed by atoms with Gasteiger partial charge in [-0.2, -0.15) is 10.5 Å². The molecule has 9 nitrogen and oxygen atoms in total. The van der Waals surface area contributed by atoms with Crippen molar-refractivity contribution in [3.63, 3.8) is 0 Å². The average Bonchev–Trinajstić information content (AvgIpc) is 3.38. The number of fused-ring (bicyclic) bond motifs is 5. The van der Waals surface area contributed by atoms with E-state index in [9.17, 15) is 29.3 Å². The van der Waals surface area contributed by atoms with Crippen LogP contribution in [0, 0.1) is 33.9 Å². The molecular formula is C26H20FN5O4S. The lowest BCUT2D eigenvalue weighted by molar-refractivity contribution is -0.143. The largest absolute Gasteiger partial charge is 0.465 e. The van der Waals surface area contributed by atoms with Gasteiger partial charge < -0.3 is 15.0 Å². The highest BCUT2D eigenvalue weighted by atomic mass is 32.1. The molecule has 0 aromatic heterocycles. The number of halogens is 1. The highest BCUT2D eigenvalue weighted by Crippen LogP contribution is 2.67. The van der Waals surface area contributed by atoms with Crippen molar-refractivity contribution in [2.45, 2.75) is 24.8 Å². The van der Waals surface area contributed by atoms with Gasteiger partial charge in [0.25, 0.3) is 5.91 Å². The lowest BCUT2D eigenvalue weighted by Crippen LogP contribution is -2.65. The van der Waals surface area contributed by atoms with Gasteiger partial charge in [0.2, 0.25) is 11.3 Å². The van der Waals surface area contributed by atoms with Crippen molar-refractivity contribution in [2.24, 2.45) is 5.41 Å². The summed E-state index contributed by atoms with van der Waals surface area (Å²) >= 11 is 5.53. The van der Waals surface area contributed by atoms with Crippen molar-refractivity contribution in [2.75, 3.05) is 29.5 Å². The highest BCUT2D eigenvalue weighted by molar-refractivity contribution is 7.80. The van der Waals surface area contributed by atoms with Gasteiger partial charge in [0.05, 0.1) is 18.7 Å². The van der Waals surface area contributed by atoms with Gasteiger partial charge in [-0.15, -0.1) is 0 Å². The van der Waals surface area contributed by atoms with Gasteiger partial charge >= 0.3 is 5.97 Å². The SMILES string of the molecule is CCOC(=O)CN1C(=O)[C@@]2(c3cc(F)ccc31)C(C#N)(C#N)C(=S)N[C@]21C(=O)N(CC)c2ccccc21. The third kappa shape index (κ3) is 2.59. The second kappa shape index (κ2) is 8.08.